The van der Waals surface area contributed by atoms with Gasteiger partial charge in [0.15, 0.2) is 0 Å². The van der Waals surface area contributed by atoms with Crippen molar-refractivity contribution in [3.05, 3.63) is 121 Å². The fraction of sp³-hybridized carbons (Fsp3) is 0.442. The summed E-state index contributed by atoms with van der Waals surface area (Å²) in [4.78, 5) is 0. The topological polar surface area (TPSA) is 0 Å². The molecule has 28 heteroatoms. The van der Waals surface area contributed by atoms with Crippen LogP contribution in [0.1, 0.15) is 19.3 Å². The van der Waals surface area contributed by atoms with Gasteiger partial charge in [-0.05, 0) is 48.5 Å². The Labute approximate surface area is 386 Å². The maximum absolute atomic E-state index is 15.6. The lowest BCUT2D eigenvalue weighted by Gasteiger charge is -2.40. The first kappa shape index (κ1) is 59.5. The molecular formula is C43H34F26P2+2. The minimum Gasteiger partial charge on any atom is -0.199 e. The quantitative estimate of drug-likeness (QED) is 0.0543. The fourth-order valence-corrected chi connectivity index (χ4v) is 16.7. The van der Waals surface area contributed by atoms with Crippen LogP contribution in [0.2, 0.25) is 0 Å². The van der Waals surface area contributed by atoms with Gasteiger partial charge in [0, 0.05) is 6.42 Å². The van der Waals surface area contributed by atoms with E-state index in [9.17, 15) is 79.0 Å². The standard InChI is InChI=1S/C43H34F26P2/c44-32(45,34(48,49)36(52,53)38(56,57)40(60,61)42(64,65)66)22-26-70(28-14-5-1-6-15-28,29-16-7-2-8-17-29)24-13-25-71(30-18-9-3-10-19-30,31-20-11-4-12-21-31)27-23-33(46,47)35(50,51)37(54,55)39(58,59)41(62,63)43(67,68)69/h1-12,14-21H,13,22-27H2/q+2. The van der Waals surface area contributed by atoms with Crippen LogP contribution in [0.4, 0.5) is 114 Å². The molecule has 0 fully saturated rings. The predicted octanol–water partition coefficient (Wildman–Crippen LogP) is 15.0. The summed E-state index contributed by atoms with van der Waals surface area (Å²) < 4.78 is 370. The molecule has 0 bridgehead atoms. The van der Waals surface area contributed by atoms with Crippen LogP contribution in [0.25, 0.3) is 0 Å². The monoisotopic (exact) mass is 1110 g/mol. The van der Waals surface area contributed by atoms with Gasteiger partial charge in [0.1, 0.15) is 0 Å². The van der Waals surface area contributed by atoms with Crippen LogP contribution in [0.3, 0.4) is 0 Å². The highest BCUT2D eigenvalue weighted by Gasteiger charge is 2.92. The van der Waals surface area contributed by atoms with E-state index in [0.717, 1.165) is 48.5 Å². The molecule has 71 heavy (non-hydrogen) atoms. The van der Waals surface area contributed by atoms with Crippen molar-refractivity contribution in [2.24, 2.45) is 0 Å². The average molecular weight is 1110 g/mol. The molecule has 0 spiro atoms. The number of halogens is 26. The van der Waals surface area contributed by atoms with Gasteiger partial charge < -0.3 is 0 Å². The second-order valence-electron chi connectivity index (χ2n) is 16.0. The molecule has 0 aliphatic carbocycles. The van der Waals surface area contributed by atoms with Crippen LogP contribution >= 0.6 is 14.5 Å². The van der Waals surface area contributed by atoms with Crippen LogP contribution in [-0.4, -0.2) is 96.2 Å². The highest BCUT2D eigenvalue weighted by molar-refractivity contribution is 7.90. The normalized spacial score (nSPS) is 15.0. The Kier molecular flexibility index (Phi) is 16.5. The summed E-state index contributed by atoms with van der Waals surface area (Å²) in [5.41, 5.74) is 0. The van der Waals surface area contributed by atoms with Crippen molar-refractivity contribution in [1.82, 2.24) is 0 Å². The number of hydrogen-bond acceptors (Lipinski definition) is 0. The molecule has 0 aliphatic rings. The summed E-state index contributed by atoms with van der Waals surface area (Å²) in [6.45, 7) is 0. The Bertz CT molecular complexity index is 2110. The van der Waals surface area contributed by atoms with Gasteiger partial charge in [-0.1, -0.05) is 72.8 Å². The molecule has 0 N–H and O–H groups in total. The lowest BCUT2D eigenvalue weighted by atomic mass is 9.93. The maximum Gasteiger partial charge on any atom is 0.460 e. The number of rotatable bonds is 22. The molecule has 0 aliphatic heterocycles. The molecule has 396 valence electrons. The van der Waals surface area contributed by atoms with Crippen molar-refractivity contribution in [3.63, 3.8) is 0 Å². The van der Waals surface area contributed by atoms with Gasteiger partial charge in [0.2, 0.25) is 0 Å². The molecule has 4 rings (SSSR count). The first-order valence-corrected chi connectivity index (χ1v) is 24.2. The maximum atomic E-state index is 15.6. The van der Waals surface area contributed by atoms with E-state index in [4.69, 9.17) is 0 Å². The summed E-state index contributed by atoms with van der Waals surface area (Å²) in [5, 5.41) is -0.502. The van der Waals surface area contributed by atoms with E-state index < -0.39 is 130 Å². The van der Waals surface area contributed by atoms with E-state index in [-0.39, 0.29) is 21.2 Å². The van der Waals surface area contributed by atoms with Gasteiger partial charge in [0.25, 0.3) is 0 Å². The Balaban J connectivity index is 1.89. The average Bonchev–Trinajstić information content (AvgIpc) is 3.28. The first-order valence-electron chi connectivity index (χ1n) is 19.9. The molecule has 0 amide bonds. The Morgan fingerprint density at radius 2 is 0.437 bits per heavy atom. The minimum atomic E-state index is -8.22. The highest BCUT2D eigenvalue weighted by atomic mass is 31.2. The van der Waals surface area contributed by atoms with E-state index in [1.807, 2.05) is 0 Å². The van der Waals surface area contributed by atoms with E-state index in [1.54, 1.807) is 0 Å². The zero-order valence-electron chi connectivity index (χ0n) is 35.2. The van der Waals surface area contributed by atoms with Crippen LogP contribution in [0.5, 0.6) is 0 Å². The molecule has 0 nitrogen and oxygen atoms in total. The fourth-order valence-electron chi connectivity index (χ4n) is 7.60. The van der Waals surface area contributed by atoms with Crippen molar-refractivity contribution < 1.29 is 114 Å². The Morgan fingerprint density at radius 1 is 0.239 bits per heavy atom. The van der Waals surface area contributed by atoms with Gasteiger partial charge in [-0.15, -0.1) is 0 Å². The zero-order valence-corrected chi connectivity index (χ0v) is 37.0. The molecule has 0 unspecified atom stereocenters. The number of hydrogen-bond donors (Lipinski definition) is 0. The third kappa shape index (κ3) is 10.0. The third-order valence-corrected chi connectivity index (χ3v) is 21.0. The second kappa shape index (κ2) is 19.6. The lowest BCUT2D eigenvalue weighted by molar-refractivity contribution is -0.439. The molecule has 0 saturated carbocycles. The minimum absolute atomic E-state index is 0.126. The van der Waals surface area contributed by atoms with Gasteiger partial charge in [-0.25, -0.2) is 0 Å². The van der Waals surface area contributed by atoms with Crippen molar-refractivity contribution in [2.75, 3.05) is 24.6 Å². The van der Waals surface area contributed by atoms with Crippen molar-refractivity contribution >= 4 is 35.7 Å². The van der Waals surface area contributed by atoms with Crippen LogP contribution < -0.4 is 21.2 Å². The molecular weight excluding hydrogens is 1070 g/mol. The van der Waals surface area contributed by atoms with E-state index in [0.29, 0.717) is 0 Å². The molecule has 4 aromatic carbocycles. The molecule has 0 radical (unpaired) electrons. The summed E-state index contributed by atoms with van der Waals surface area (Å²) >= 11 is 0. The van der Waals surface area contributed by atoms with E-state index >= 15 is 35.1 Å². The van der Waals surface area contributed by atoms with Gasteiger partial charge in [0.05, 0.1) is 73.2 Å². The van der Waals surface area contributed by atoms with Gasteiger partial charge >= 0.3 is 71.6 Å². The molecule has 4 aromatic rings. The zero-order chi connectivity index (χ0) is 54.4. The van der Waals surface area contributed by atoms with Gasteiger partial charge in [-0.3, -0.25) is 0 Å². The van der Waals surface area contributed by atoms with Crippen LogP contribution in [-0.2, 0) is 0 Å². The number of alkyl halides is 26. The summed E-state index contributed by atoms with van der Waals surface area (Å²) in [6, 6.07) is 23.9. The summed E-state index contributed by atoms with van der Waals surface area (Å²) in [7, 11) is -8.21. The predicted molar refractivity (Wildman–Crippen MR) is 213 cm³/mol. The Morgan fingerprint density at radius 3 is 0.634 bits per heavy atom. The van der Waals surface area contributed by atoms with Gasteiger partial charge in [-0.2, -0.15) is 114 Å². The second-order valence-corrected chi connectivity index (χ2v) is 23.8. The van der Waals surface area contributed by atoms with Crippen molar-refractivity contribution in [3.8, 4) is 0 Å². The smallest absolute Gasteiger partial charge is 0.199 e. The molecule has 0 aromatic heterocycles. The number of benzene rings is 4. The van der Waals surface area contributed by atoms with Crippen molar-refractivity contribution in [2.45, 2.75) is 90.8 Å². The first-order chi connectivity index (χ1) is 32.0. The largest absolute Gasteiger partial charge is 0.460 e. The highest BCUT2D eigenvalue weighted by Crippen LogP contribution is 2.67. The lowest BCUT2D eigenvalue weighted by Crippen LogP contribution is -2.70. The third-order valence-electron chi connectivity index (χ3n) is 11.7. The summed E-state index contributed by atoms with van der Waals surface area (Å²) in [6.07, 6.45) is -25.9. The van der Waals surface area contributed by atoms with E-state index in [2.05, 4.69) is 0 Å². The SMILES string of the molecule is FC(F)(F)C(F)(F)C(F)(F)C(F)(F)C(F)(F)C(F)(F)CC[P+](CCC[P+](CCC(F)(F)C(F)(F)C(F)(F)C(F)(F)C(F)(F)C(F)(F)F)(c1ccccc1)c1ccccc1)(c1ccccc1)c1ccccc1. The molecule has 0 saturated heterocycles. The van der Waals surface area contributed by atoms with Crippen LogP contribution in [0.15, 0.2) is 121 Å². The van der Waals surface area contributed by atoms with Crippen LogP contribution in [0, 0.1) is 0 Å². The molecule has 0 heterocycles. The Hall–Kier alpha value is -4.08. The van der Waals surface area contributed by atoms with E-state index in [1.165, 1.54) is 72.8 Å². The summed E-state index contributed by atoms with van der Waals surface area (Å²) in [5.74, 6) is -77.3. The molecule has 0 atom stereocenters. The van der Waals surface area contributed by atoms with Crippen molar-refractivity contribution in [1.29, 1.82) is 0 Å².